The van der Waals surface area contributed by atoms with E-state index in [-0.39, 0.29) is 11.7 Å². The van der Waals surface area contributed by atoms with Gasteiger partial charge in [0.05, 0.1) is 18.8 Å². The van der Waals surface area contributed by atoms with E-state index in [9.17, 15) is 0 Å². The predicted octanol–water partition coefficient (Wildman–Crippen LogP) is 2.34. The summed E-state index contributed by atoms with van der Waals surface area (Å²) >= 11 is 0. The minimum absolute atomic E-state index is 0.213. The normalized spacial score (nSPS) is 17.9. The summed E-state index contributed by atoms with van der Waals surface area (Å²) in [6.45, 7) is 5.66. The SMILES string of the molecule is CC(C)(OC1COC1)c1ccccc1. The maximum Gasteiger partial charge on any atom is 0.105 e. The summed E-state index contributed by atoms with van der Waals surface area (Å²) in [4.78, 5) is 0. The van der Waals surface area contributed by atoms with Crippen molar-refractivity contribution in [2.24, 2.45) is 0 Å². The van der Waals surface area contributed by atoms with Crippen LogP contribution in [0.3, 0.4) is 0 Å². The summed E-state index contributed by atoms with van der Waals surface area (Å²) in [6, 6.07) is 10.3. The summed E-state index contributed by atoms with van der Waals surface area (Å²) in [5.74, 6) is 0. The first-order valence-electron chi connectivity index (χ1n) is 4.99. The first-order chi connectivity index (χ1) is 6.68. The zero-order valence-corrected chi connectivity index (χ0v) is 8.69. The third kappa shape index (κ3) is 1.97. The molecule has 0 bridgehead atoms. The Kier molecular flexibility index (Phi) is 2.57. The maximum atomic E-state index is 5.93. The van der Waals surface area contributed by atoms with Crippen LogP contribution in [-0.4, -0.2) is 19.3 Å². The van der Waals surface area contributed by atoms with Gasteiger partial charge in [-0.3, -0.25) is 0 Å². The first-order valence-corrected chi connectivity index (χ1v) is 4.99. The van der Waals surface area contributed by atoms with E-state index in [0.29, 0.717) is 0 Å². The van der Waals surface area contributed by atoms with Crippen molar-refractivity contribution >= 4 is 0 Å². The molecule has 1 aliphatic heterocycles. The Morgan fingerprint density at radius 2 is 1.86 bits per heavy atom. The van der Waals surface area contributed by atoms with Crippen LogP contribution in [0.2, 0.25) is 0 Å². The van der Waals surface area contributed by atoms with Gasteiger partial charge in [-0.1, -0.05) is 30.3 Å². The highest BCUT2D eigenvalue weighted by molar-refractivity contribution is 5.20. The van der Waals surface area contributed by atoms with Crippen molar-refractivity contribution in [3.05, 3.63) is 35.9 Å². The summed E-state index contributed by atoms with van der Waals surface area (Å²) in [7, 11) is 0. The van der Waals surface area contributed by atoms with Crippen LogP contribution < -0.4 is 0 Å². The molecule has 1 aromatic rings. The van der Waals surface area contributed by atoms with Crippen molar-refractivity contribution in [1.82, 2.24) is 0 Å². The molecule has 0 radical (unpaired) electrons. The molecule has 2 rings (SSSR count). The van der Waals surface area contributed by atoms with E-state index in [1.165, 1.54) is 5.56 Å². The topological polar surface area (TPSA) is 18.5 Å². The van der Waals surface area contributed by atoms with Crippen molar-refractivity contribution < 1.29 is 9.47 Å². The number of hydrogen-bond donors (Lipinski definition) is 0. The van der Waals surface area contributed by atoms with E-state index in [2.05, 4.69) is 26.0 Å². The molecule has 2 heteroatoms. The van der Waals surface area contributed by atoms with E-state index >= 15 is 0 Å². The summed E-state index contributed by atoms with van der Waals surface area (Å²) in [6.07, 6.45) is 0.269. The second kappa shape index (κ2) is 3.71. The van der Waals surface area contributed by atoms with Gasteiger partial charge in [-0.25, -0.2) is 0 Å². The molecule has 0 atom stereocenters. The zero-order valence-electron chi connectivity index (χ0n) is 8.69. The molecule has 0 aromatic heterocycles. The molecule has 14 heavy (non-hydrogen) atoms. The molecule has 0 N–H and O–H groups in total. The van der Waals surface area contributed by atoms with E-state index in [0.717, 1.165) is 13.2 Å². The van der Waals surface area contributed by atoms with Crippen LogP contribution in [0.1, 0.15) is 19.4 Å². The molecule has 1 aromatic carbocycles. The fourth-order valence-corrected chi connectivity index (χ4v) is 1.61. The van der Waals surface area contributed by atoms with Gasteiger partial charge >= 0.3 is 0 Å². The van der Waals surface area contributed by atoms with Crippen LogP contribution in [-0.2, 0) is 15.1 Å². The van der Waals surface area contributed by atoms with Gasteiger partial charge in [-0.15, -0.1) is 0 Å². The molecule has 1 heterocycles. The highest BCUT2D eigenvalue weighted by atomic mass is 16.6. The van der Waals surface area contributed by atoms with Gasteiger partial charge in [0.1, 0.15) is 6.10 Å². The molecule has 1 fully saturated rings. The Morgan fingerprint density at radius 1 is 1.21 bits per heavy atom. The van der Waals surface area contributed by atoms with Crippen LogP contribution in [0.4, 0.5) is 0 Å². The third-order valence-electron chi connectivity index (χ3n) is 2.54. The zero-order chi connectivity index (χ0) is 10.0. The molecule has 0 unspecified atom stereocenters. The van der Waals surface area contributed by atoms with Gasteiger partial charge in [0.15, 0.2) is 0 Å². The molecule has 1 aliphatic rings. The molecule has 0 saturated carbocycles. The molecule has 0 amide bonds. The van der Waals surface area contributed by atoms with Crippen LogP contribution in [0.5, 0.6) is 0 Å². The lowest BCUT2D eigenvalue weighted by atomic mass is 9.98. The van der Waals surface area contributed by atoms with Gasteiger partial charge < -0.3 is 9.47 Å². The highest BCUT2D eigenvalue weighted by Crippen LogP contribution is 2.27. The Morgan fingerprint density at radius 3 is 2.36 bits per heavy atom. The largest absolute Gasteiger partial charge is 0.376 e. The Bertz CT molecular complexity index is 288. The average molecular weight is 192 g/mol. The summed E-state index contributed by atoms with van der Waals surface area (Å²) in [5.41, 5.74) is 1.00. The van der Waals surface area contributed by atoms with Crippen molar-refractivity contribution in [3.8, 4) is 0 Å². The molecule has 0 spiro atoms. The first kappa shape index (κ1) is 9.69. The number of benzene rings is 1. The summed E-state index contributed by atoms with van der Waals surface area (Å²) < 4.78 is 11.0. The quantitative estimate of drug-likeness (QED) is 0.731. The molecular formula is C12H16O2. The lowest BCUT2D eigenvalue weighted by Crippen LogP contribution is -2.41. The van der Waals surface area contributed by atoms with E-state index < -0.39 is 0 Å². The maximum absolute atomic E-state index is 5.93. The lowest BCUT2D eigenvalue weighted by Gasteiger charge is -2.35. The fourth-order valence-electron chi connectivity index (χ4n) is 1.61. The monoisotopic (exact) mass is 192 g/mol. The van der Waals surface area contributed by atoms with Crippen LogP contribution in [0.25, 0.3) is 0 Å². The minimum atomic E-state index is -0.213. The van der Waals surface area contributed by atoms with Gasteiger partial charge in [0.2, 0.25) is 0 Å². The van der Waals surface area contributed by atoms with Crippen molar-refractivity contribution in [2.75, 3.05) is 13.2 Å². The van der Waals surface area contributed by atoms with E-state index in [1.807, 2.05) is 18.2 Å². The van der Waals surface area contributed by atoms with Gasteiger partial charge in [0.25, 0.3) is 0 Å². The smallest absolute Gasteiger partial charge is 0.105 e. The number of hydrogen-bond acceptors (Lipinski definition) is 2. The minimum Gasteiger partial charge on any atom is -0.376 e. The van der Waals surface area contributed by atoms with Crippen molar-refractivity contribution in [2.45, 2.75) is 25.6 Å². The molecule has 2 nitrogen and oxygen atoms in total. The van der Waals surface area contributed by atoms with Gasteiger partial charge in [0, 0.05) is 0 Å². The Labute approximate surface area is 84.8 Å². The van der Waals surface area contributed by atoms with Gasteiger partial charge in [-0.2, -0.15) is 0 Å². The Balaban J connectivity index is 2.06. The van der Waals surface area contributed by atoms with Crippen molar-refractivity contribution in [1.29, 1.82) is 0 Å². The Hall–Kier alpha value is -0.860. The van der Waals surface area contributed by atoms with E-state index in [1.54, 1.807) is 0 Å². The summed E-state index contributed by atoms with van der Waals surface area (Å²) in [5, 5.41) is 0. The second-order valence-electron chi connectivity index (χ2n) is 4.15. The average Bonchev–Trinajstić information content (AvgIpc) is 2.13. The molecule has 76 valence electrons. The second-order valence-corrected chi connectivity index (χ2v) is 4.15. The van der Waals surface area contributed by atoms with Crippen LogP contribution >= 0.6 is 0 Å². The molecule has 1 saturated heterocycles. The molecular weight excluding hydrogens is 176 g/mol. The lowest BCUT2D eigenvalue weighted by molar-refractivity contribution is -0.185. The van der Waals surface area contributed by atoms with Gasteiger partial charge in [-0.05, 0) is 19.4 Å². The number of ether oxygens (including phenoxy) is 2. The standard InChI is InChI=1S/C12H16O2/c1-12(2,14-11-8-13-9-11)10-6-4-3-5-7-10/h3-7,11H,8-9H2,1-2H3. The predicted molar refractivity (Wildman–Crippen MR) is 55.2 cm³/mol. The molecule has 0 aliphatic carbocycles. The van der Waals surface area contributed by atoms with Crippen molar-refractivity contribution in [3.63, 3.8) is 0 Å². The van der Waals surface area contributed by atoms with E-state index in [4.69, 9.17) is 9.47 Å². The highest BCUT2D eigenvalue weighted by Gasteiger charge is 2.29. The number of rotatable bonds is 3. The fraction of sp³-hybridized carbons (Fsp3) is 0.500. The van der Waals surface area contributed by atoms with Crippen LogP contribution in [0.15, 0.2) is 30.3 Å². The third-order valence-corrected chi connectivity index (χ3v) is 2.54. The van der Waals surface area contributed by atoms with Crippen LogP contribution in [0, 0.1) is 0 Å².